The normalized spacial score (nSPS) is 13.9. The van der Waals surface area contributed by atoms with Crippen LogP contribution in [0, 0.1) is 6.92 Å². The first-order valence-corrected chi connectivity index (χ1v) is 8.93. The molecule has 0 saturated carbocycles. The van der Waals surface area contributed by atoms with Crippen LogP contribution in [-0.2, 0) is 16.6 Å². The van der Waals surface area contributed by atoms with Crippen molar-refractivity contribution in [2.45, 2.75) is 24.9 Å². The Morgan fingerprint density at radius 1 is 1.26 bits per heavy atom. The van der Waals surface area contributed by atoms with Gasteiger partial charge in [0.15, 0.2) is 5.76 Å². The van der Waals surface area contributed by atoms with Crippen molar-refractivity contribution in [3.8, 4) is 11.7 Å². The number of furan rings is 1. The van der Waals surface area contributed by atoms with Crippen LogP contribution in [0.2, 0.25) is 5.02 Å². The number of nitrogens with zero attached hydrogens (tertiary/aromatic N) is 1. The predicted molar refractivity (Wildman–Crippen MR) is 90.7 cm³/mol. The highest BCUT2D eigenvalue weighted by Gasteiger charge is 2.19. The third-order valence-corrected chi connectivity index (χ3v) is 5.51. The Labute approximate surface area is 141 Å². The molecule has 2 aromatic heterocycles. The summed E-state index contributed by atoms with van der Waals surface area (Å²) in [5, 5.41) is 0.553. The van der Waals surface area contributed by atoms with Gasteiger partial charge in [-0.15, -0.1) is 0 Å². The first kappa shape index (κ1) is 16.0. The second-order valence-corrected chi connectivity index (χ2v) is 7.41. The molecule has 0 saturated heterocycles. The summed E-state index contributed by atoms with van der Waals surface area (Å²) >= 11 is 5.89. The molecular formula is C17H16ClNO3S. The van der Waals surface area contributed by atoms with Crippen LogP contribution >= 0.6 is 11.6 Å². The van der Waals surface area contributed by atoms with E-state index < -0.39 is 10.8 Å². The van der Waals surface area contributed by atoms with Crippen LogP contribution in [0.25, 0.3) is 11.7 Å². The third-order valence-electron chi connectivity index (χ3n) is 3.64. The Balaban J connectivity index is 1.76. The van der Waals surface area contributed by atoms with E-state index >= 15 is 0 Å². The first-order chi connectivity index (χ1) is 11.0. The molecule has 0 bridgehead atoms. The summed E-state index contributed by atoms with van der Waals surface area (Å²) in [6.45, 7) is 3.75. The van der Waals surface area contributed by atoms with Crippen LogP contribution in [0.15, 0.2) is 51.5 Å². The molecule has 2 atom stereocenters. The van der Waals surface area contributed by atoms with E-state index in [0.717, 1.165) is 5.56 Å². The standard InChI is InChI=1S/C17H16ClNO3S/c1-11-15(19-17(22-11)16-4-3-9-21-16)10-23(20)12(2)13-5-7-14(18)8-6-13/h3-9,12H,10H2,1-2H3. The van der Waals surface area contributed by atoms with E-state index in [0.29, 0.717) is 33.9 Å². The Kier molecular flexibility index (Phi) is 4.68. The van der Waals surface area contributed by atoms with Crippen molar-refractivity contribution in [1.82, 2.24) is 4.98 Å². The van der Waals surface area contributed by atoms with Crippen molar-refractivity contribution in [2.75, 3.05) is 0 Å². The number of oxazole rings is 1. The molecule has 2 unspecified atom stereocenters. The van der Waals surface area contributed by atoms with Gasteiger partial charge in [-0.25, -0.2) is 4.98 Å². The van der Waals surface area contributed by atoms with Crippen LogP contribution in [0.5, 0.6) is 0 Å². The monoisotopic (exact) mass is 349 g/mol. The molecule has 0 fully saturated rings. The fourth-order valence-corrected chi connectivity index (χ4v) is 3.59. The van der Waals surface area contributed by atoms with Crippen molar-refractivity contribution in [3.05, 3.63) is 64.7 Å². The molecule has 0 aliphatic heterocycles. The van der Waals surface area contributed by atoms with E-state index in [2.05, 4.69) is 4.98 Å². The number of halogens is 1. The van der Waals surface area contributed by atoms with E-state index in [4.69, 9.17) is 20.4 Å². The van der Waals surface area contributed by atoms with Crippen molar-refractivity contribution >= 4 is 22.4 Å². The molecule has 6 heteroatoms. The smallest absolute Gasteiger partial charge is 0.263 e. The number of hydrogen-bond donors (Lipinski definition) is 0. The molecule has 23 heavy (non-hydrogen) atoms. The summed E-state index contributed by atoms with van der Waals surface area (Å²) in [5.41, 5.74) is 1.68. The van der Waals surface area contributed by atoms with Gasteiger partial charge in [0.2, 0.25) is 0 Å². The zero-order chi connectivity index (χ0) is 16.4. The molecule has 0 aliphatic rings. The quantitative estimate of drug-likeness (QED) is 0.657. The number of aromatic nitrogens is 1. The third kappa shape index (κ3) is 3.57. The van der Waals surface area contributed by atoms with Gasteiger partial charge in [0.1, 0.15) is 5.76 Å². The minimum absolute atomic E-state index is 0.115. The molecule has 0 N–H and O–H groups in total. The molecular weight excluding hydrogens is 334 g/mol. The first-order valence-electron chi connectivity index (χ1n) is 7.17. The van der Waals surface area contributed by atoms with Crippen molar-refractivity contribution in [1.29, 1.82) is 0 Å². The number of benzene rings is 1. The molecule has 0 spiro atoms. The average molecular weight is 350 g/mol. The van der Waals surface area contributed by atoms with Crippen LogP contribution in [0.4, 0.5) is 0 Å². The second kappa shape index (κ2) is 6.72. The number of aryl methyl sites for hydroxylation is 1. The average Bonchev–Trinajstić information content (AvgIpc) is 3.18. The minimum Gasteiger partial charge on any atom is -0.459 e. The summed E-state index contributed by atoms with van der Waals surface area (Å²) in [6, 6.07) is 11.0. The van der Waals surface area contributed by atoms with Gasteiger partial charge >= 0.3 is 0 Å². The lowest BCUT2D eigenvalue weighted by Gasteiger charge is -2.11. The number of rotatable bonds is 5. The lowest BCUT2D eigenvalue weighted by atomic mass is 10.2. The summed E-state index contributed by atoms with van der Waals surface area (Å²) in [6.07, 6.45) is 1.56. The molecule has 4 nitrogen and oxygen atoms in total. The fourth-order valence-electron chi connectivity index (χ4n) is 2.21. The molecule has 3 aromatic rings. The Hall–Kier alpha value is -1.85. The molecule has 0 aliphatic carbocycles. The Morgan fingerprint density at radius 2 is 2.00 bits per heavy atom. The number of hydrogen-bond acceptors (Lipinski definition) is 4. The van der Waals surface area contributed by atoms with Crippen LogP contribution in [0.3, 0.4) is 0 Å². The molecule has 1 aromatic carbocycles. The van der Waals surface area contributed by atoms with E-state index in [9.17, 15) is 4.21 Å². The molecule has 0 amide bonds. The summed E-state index contributed by atoms with van der Waals surface area (Å²) in [4.78, 5) is 4.41. The van der Waals surface area contributed by atoms with Gasteiger partial charge in [-0.3, -0.25) is 4.21 Å². The summed E-state index contributed by atoms with van der Waals surface area (Å²) < 4.78 is 23.5. The predicted octanol–water partition coefficient (Wildman–Crippen LogP) is 4.91. The lowest BCUT2D eigenvalue weighted by Crippen LogP contribution is -2.06. The zero-order valence-corrected chi connectivity index (χ0v) is 14.4. The van der Waals surface area contributed by atoms with Gasteiger partial charge in [-0.1, -0.05) is 23.7 Å². The van der Waals surface area contributed by atoms with Gasteiger partial charge in [0.05, 0.1) is 23.0 Å². The minimum atomic E-state index is -1.11. The van der Waals surface area contributed by atoms with Crippen LogP contribution in [0.1, 0.15) is 29.2 Å². The van der Waals surface area contributed by atoms with Gasteiger partial charge in [0.25, 0.3) is 5.89 Å². The van der Waals surface area contributed by atoms with Crippen LogP contribution in [-0.4, -0.2) is 9.19 Å². The summed E-state index contributed by atoms with van der Waals surface area (Å²) in [5.74, 6) is 1.97. The lowest BCUT2D eigenvalue weighted by molar-refractivity contribution is 0.500. The van der Waals surface area contributed by atoms with Gasteiger partial charge in [0, 0.05) is 15.8 Å². The van der Waals surface area contributed by atoms with Crippen LogP contribution < -0.4 is 0 Å². The van der Waals surface area contributed by atoms with Crippen molar-refractivity contribution in [2.24, 2.45) is 0 Å². The highest BCUT2D eigenvalue weighted by atomic mass is 35.5. The maximum Gasteiger partial charge on any atom is 0.263 e. The topological polar surface area (TPSA) is 56.2 Å². The molecule has 2 heterocycles. The fraction of sp³-hybridized carbons (Fsp3) is 0.235. The van der Waals surface area contributed by atoms with E-state index in [1.807, 2.05) is 26.0 Å². The Bertz CT molecular complexity index is 809. The van der Waals surface area contributed by atoms with Crippen molar-refractivity contribution < 1.29 is 13.0 Å². The SMILES string of the molecule is Cc1oc(-c2ccco2)nc1CS(=O)C(C)c1ccc(Cl)cc1. The van der Waals surface area contributed by atoms with E-state index in [-0.39, 0.29) is 5.25 Å². The largest absolute Gasteiger partial charge is 0.459 e. The molecule has 120 valence electrons. The maximum absolute atomic E-state index is 12.6. The highest BCUT2D eigenvalue weighted by molar-refractivity contribution is 7.84. The van der Waals surface area contributed by atoms with E-state index in [1.54, 1.807) is 30.5 Å². The maximum atomic E-state index is 12.6. The van der Waals surface area contributed by atoms with E-state index in [1.165, 1.54) is 0 Å². The molecule has 0 radical (unpaired) electrons. The second-order valence-electron chi connectivity index (χ2n) is 5.22. The van der Waals surface area contributed by atoms with Gasteiger partial charge in [-0.05, 0) is 43.7 Å². The van der Waals surface area contributed by atoms with Crippen molar-refractivity contribution in [3.63, 3.8) is 0 Å². The summed E-state index contributed by atoms with van der Waals surface area (Å²) in [7, 11) is -1.11. The zero-order valence-electron chi connectivity index (χ0n) is 12.8. The van der Waals surface area contributed by atoms with Gasteiger partial charge in [-0.2, -0.15) is 0 Å². The molecule has 3 rings (SSSR count). The Morgan fingerprint density at radius 3 is 2.65 bits per heavy atom. The highest BCUT2D eigenvalue weighted by Crippen LogP contribution is 2.26. The van der Waals surface area contributed by atoms with Gasteiger partial charge < -0.3 is 8.83 Å².